The number of nitrogens with zero attached hydrogens (tertiary/aromatic N) is 5. The second-order valence-electron chi connectivity index (χ2n) is 5.86. The number of hydrogen-bond donors (Lipinski definition) is 0. The number of hydrogen-bond acceptors (Lipinski definition) is 6. The highest BCUT2D eigenvalue weighted by atomic mass is 32.1. The minimum Gasteiger partial charge on any atom is -0.377 e. The van der Waals surface area contributed by atoms with Crippen LogP contribution in [0.15, 0.2) is 0 Å². The molecular formula is C13H13F6N5O2S. The summed E-state index contributed by atoms with van der Waals surface area (Å²) in [6.45, 7) is -2.81. The molecule has 1 fully saturated rings. The maximum absolute atomic E-state index is 13.5. The van der Waals surface area contributed by atoms with Crippen molar-refractivity contribution in [2.45, 2.75) is 25.5 Å². The van der Waals surface area contributed by atoms with Crippen LogP contribution < -0.4 is 0 Å². The van der Waals surface area contributed by atoms with E-state index in [4.69, 9.17) is 4.74 Å². The Labute approximate surface area is 152 Å². The molecule has 7 nitrogen and oxygen atoms in total. The molecule has 0 bridgehead atoms. The predicted octanol–water partition coefficient (Wildman–Crippen LogP) is 2.12. The Morgan fingerprint density at radius 2 is 1.93 bits per heavy atom. The summed E-state index contributed by atoms with van der Waals surface area (Å²) < 4.78 is 83.3. The highest BCUT2D eigenvalue weighted by Gasteiger charge is 2.42. The fourth-order valence-corrected chi connectivity index (χ4v) is 3.63. The Morgan fingerprint density at radius 1 is 1.22 bits per heavy atom. The smallest absolute Gasteiger partial charge is 0.377 e. The van der Waals surface area contributed by atoms with Crippen molar-refractivity contribution in [1.82, 2.24) is 24.4 Å². The number of carbonyl (C=O) groups excluding carboxylic acids is 1. The van der Waals surface area contributed by atoms with Crippen LogP contribution >= 0.6 is 11.3 Å². The van der Waals surface area contributed by atoms with Crippen molar-refractivity contribution in [3.05, 3.63) is 16.4 Å². The standard InChI is InChI=1S/C13H13F6N5O2S/c1-26-4-8-21-24-10(13(17,18)19)7(20-11(24)27-8)2-23-6-22(3-9(23)25)5-12(14,15)16/h2-6H2,1H3. The van der Waals surface area contributed by atoms with Gasteiger partial charge in [0.25, 0.3) is 0 Å². The van der Waals surface area contributed by atoms with E-state index in [1.54, 1.807) is 0 Å². The van der Waals surface area contributed by atoms with Gasteiger partial charge in [0.1, 0.15) is 5.01 Å². The zero-order valence-corrected chi connectivity index (χ0v) is 14.6. The SMILES string of the molecule is COCc1nn2c(C(F)(F)F)c(CN3CN(CC(F)(F)F)CC3=O)nc2s1. The fraction of sp³-hybridized carbons (Fsp3) is 0.615. The number of methoxy groups -OCH3 is 1. The minimum absolute atomic E-state index is 0.0116. The normalized spacial score (nSPS) is 16.9. The monoisotopic (exact) mass is 417 g/mol. The van der Waals surface area contributed by atoms with Crippen molar-refractivity contribution in [2.24, 2.45) is 0 Å². The first-order chi connectivity index (χ1) is 12.5. The van der Waals surface area contributed by atoms with Crippen LogP contribution in [0, 0.1) is 0 Å². The molecule has 14 heteroatoms. The van der Waals surface area contributed by atoms with Crippen molar-refractivity contribution in [1.29, 1.82) is 0 Å². The van der Waals surface area contributed by atoms with Crippen LogP contribution in [0.4, 0.5) is 26.3 Å². The Balaban J connectivity index is 1.86. The van der Waals surface area contributed by atoms with E-state index in [0.29, 0.717) is 4.52 Å². The zero-order valence-electron chi connectivity index (χ0n) is 13.8. The molecule has 2 aromatic rings. The van der Waals surface area contributed by atoms with Gasteiger partial charge in [-0.2, -0.15) is 36.0 Å². The first-order valence-electron chi connectivity index (χ1n) is 7.48. The number of fused-ring (bicyclic) bond motifs is 1. The molecule has 0 spiro atoms. The second kappa shape index (κ2) is 6.91. The van der Waals surface area contributed by atoms with Gasteiger partial charge in [0.15, 0.2) is 5.69 Å². The van der Waals surface area contributed by atoms with E-state index in [1.165, 1.54) is 7.11 Å². The van der Waals surface area contributed by atoms with Gasteiger partial charge in [-0.3, -0.25) is 9.69 Å². The van der Waals surface area contributed by atoms with Crippen molar-refractivity contribution in [3.8, 4) is 0 Å². The Bertz CT molecular complexity index is 845. The van der Waals surface area contributed by atoms with Crippen molar-refractivity contribution in [2.75, 3.05) is 26.9 Å². The number of aromatic nitrogens is 3. The lowest BCUT2D eigenvalue weighted by Crippen LogP contribution is -2.34. The second-order valence-corrected chi connectivity index (χ2v) is 6.90. The topological polar surface area (TPSA) is 63.0 Å². The Kier molecular flexibility index (Phi) is 5.07. The molecule has 1 amide bonds. The number of rotatable bonds is 5. The van der Waals surface area contributed by atoms with Crippen LogP contribution in [0.3, 0.4) is 0 Å². The molecule has 0 aliphatic carbocycles. The van der Waals surface area contributed by atoms with Crippen molar-refractivity contribution < 1.29 is 35.9 Å². The lowest BCUT2D eigenvalue weighted by molar-refractivity contribution is -0.144. The number of halogens is 6. The third kappa shape index (κ3) is 4.32. The van der Waals surface area contributed by atoms with Crippen LogP contribution in [0.5, 0.6) is 0 Å². The summed E-state index contributed by atoms with van der Waals surface area (Å²) in [4.78, 5) is 17.5. The van der Waals surface area contributed by atoms with E-state index < -0.39 is 56.0 Å². The van der Waals surface area contributed by atoms with E-state index in [-0.39, 0.29) is 16.6 Å². The molecule has 0 N–H and O–H groups in total. The fourth-order valence-electron chi connectivity index (χ4n) is 2.75. The molecule has 27 heavy (non-hydrogen) atoms. The van der Waals surface area contributed by atoms with Gasteiger partial charge >= 0.3 is 12.4 Å². The quantitative estimate of drug-likeness (QED) is 0.698. The number of alkyl halides is 6. The molecule has 2 aromatic heterocycles. The van der Waals surface area contributed by atoms with Crippen LogP contribution in [-0.4, -0.2) is 63.3 Å². The van der Waals surface area contributed by atoms with Crippen molar-refractivity contribution in [3.63, 3.8) is 0 Å². The summed E-state index contributed by atoms with van der Waals surface area (Å²) in [7, 11) is 1.37. The first kappa shape index (κ1) is 19.8. The maximum atomic E-state index is 13.5. The van der Waals surface area contributed by atoms with Crippen LogP contribution in [-0.2, 0) is 28.9 Å². The van der Waals surface area contributed by atoms with Crippen LogP contribution in [0.25, 0.3) is 4.96 Å². The molecule has 3 rings (SSSR count). The van der Waals surface area contributed by atoms with Crippen LogP contribution in [0.1, 0.15) is 16.4 Å². The largest absolute Gasteiger partial charge is 0.435 e. The zero-order chi connectivity index (χ0) is 20.0. The van der Waals surface area contributed by atoms with Gasteiger partial charge in [0.2, 0.25) is 10.9 Å². The average Bonchev–Trinajstić information content (AvgIpc) is 3.09. The molecule has 1 saturated heterocycles. The third-order valence-electron chi connectivity index (χ3n) is 3.68. The molecule has 0 atom stereocenters. The number of ether oxygens (including phenoxy) is 1. The third-order valence-corrected chi connectivity index (χ3v) is 4.56. The molecule has 0 saturated carbocycles. The molecule has 150 valence electrons. The van der Waals surface area contributed by atoms with Gasteiger partial charge in [-0.15, -0.1) is 0 Å². The van der Waals surface area contributed by atoms with Gasteiger partial charge < -0.3 is 9.64 Å². The maximum Gasteiger partial charge on any atom is 0.435 e. The molecular weight excluding hydrogens is 404 g/mol. The van der Waals surface area contributed by atoms with Gasteiger partial charge in [0.05, 0.1) is 38.6 Å². The molecule has 0 unspecified atom stereocenters. The summed E-state index contributed by atoms with van der Waals surface area (Å²) in [5.41, 5.74) is -1.62. The van der Waals surface area contributed by atoms with Gasteiger partial charge in [-0.1, -0.05) is 11.3 Å². The molecule has 1 aliphatic rings. The van der Waals surface area contributed by atoms with Gasteiger partial charge in [-0.05, 0) is 0 Å². The van der Waals surface area contributed by atoms with E-state index in [2.05, 4.69) is 10.1 Å². The van der Waals surface area contributed by atoms with E-state index in [0.717, 1.165) is 21.1 Å². The van der Waals surface area contributed by atoms with E-state index in [1.807, 2.05) is 0 Å². The summed E-state index contributed by atoms with van der Waals surface area (Å²) >= 11 is 0.893. The molecule has 1 aliphatic heterocycles. The van der Waals surface area contributed by atoms with E-state index in [9.17, 15) is 31.1 Å². The number of carbonyl (C=O) groups is 1. The lowest BCUT2D eigenvalue weighted by Gasteiger charge is -2.19. The highest BCUT2D eigenvalue weighted by molar-refractivity contribution is 7.16. The summed E-state index contributed by atoms with van der Waals surface area (Å²) in [5, 5.41) is 4.09. The molecule has 0 radical (unpaired) electrons. The van der Waals surface area contributed by atoms with Crippen LogP contribution in [0.2, 0.25) is 0 Å². The number of amides is 1. The van der Waals surface area contributed by atoms with Gasteiger partial charge in [0, 0.05) is 7.11 Å². The summed E-state index contributed by atoms with van der Waals surface area (Å²) in [6, 6.07) is 0. The summed E-state index contributed by atoms with van der Waals surface area (Å²) in [5.74, 6) is -0.697. The highest BCUT2D eigenvalue weighted by Crippen LogP contribution is 2.35. The minimum atomic E-state index is -4.80. The Hall–Kier alpha value is -1.93. The summed E-state index contributed by atoms with van der Waals surface area (Å²) in [6.07, 6.45) is -9.31. The van der Waals surface area contributed by atoms with Crippen molar-refractivity contribution >= 4 is 22.2 Å². The molecule has 0 aromatic carbocycles. The first-order valence-corrected chi connectivity index (χ1v) is 8.30. The van der Waals surface area contributed by atoms with Gasteiger partial charge in [-0.25, -0.2) is 4.98 Å². The molecule has 3 heterocycles. The van der Waals surface area contributed by atoms with E-state index >= 15 is 0 Å². The average molecular weight is 417 g/mol. The predicted molar refractivity (Wildman–Crippen MR) is 79.6 cm³/mol. The Morgan fingerprint density at radius 3 is 2.52 bits per heavy atom. The lowest BCUT2D eigenvalue weighted by atomic mass is 10.3. The number of imidazole rings is 1.